The summed E-state index contributed by atoms with van der Waals surface area (Å²) in [7, 11) is 0. The maximum Gasteiger partial charge on any atom is 0.311 e. The zero-order valence-corrected chi connectivity index (χ0v) is 14.7. The minimum atomic E-state index is -0.888. The number of likely N-dealkylation sites (tertiary alicyclic amines) is 1. The van der Waals surface area contributed by atoms with E-state index < -0.39 is 11.4 Å². The molecule has 7 heteroatoms. The lowest BCUT2D eigenvalue weighted by Crippen LogP contribution is -2.45. The van der Waals surface area contributed by atoms with Crippen molar-refractivity contribution in [2.75, 3.05) is 32.8 Å². The Balaban J connectivity index is 1.45. The van der Waals surface area contributed by atoms with Gasteiger partial charge in [0.1, 0.15) is 0 Å². The van der Waals surface area contributed by atoms with E-state index in [4.69, 9.17) is 4.74 Å². The van der Waals surface area contributed by atoms with Crippen LogP contribution in [0.5, 0.6) is 0 Å². The molecule has 3 fully saturated rings. The Morgan fingerprint density at radius 3 is 2.68 bits per heavy atom. The van der Waals surface area contributed by atoms with Gasteiger partial charge in [-0.25, -0.2) is 0 Å². The summed E-state index contributed by atoms with van der Waals surface area (Å²) in [5.41, 5.74) is -0.888. The number of carbonyl (C=O) groups is 3. The van der Waals surface area contributed by atoms with Gasteiger partial charge in [-0.05, 0) is 18.8 Å². The van der Waals surface area contributed by atoms with Gasteiger partial charge >= 0.3 is 5.97 Å². The predicted octanol–water partition coefficient (Wildman–Crippen LogP) is 1.02. The molecule has 0 aromatic rings. The fourth-order valence-electron chi connectivity index (χ4n) is 4.50. The largest absolute Gasteiger partial charge is 0.481 e. The van der Waals surface area contributed by atoms with Crippen LogP contribution in [0.2, 0.25) is 0 Å². The fourth-order valence-corrected chi connectivity index (χ4v) is 4.50. The number of hydrogen-bond donors (Lipinski definition) is 2. The van der Waals surface area contributed by atoms with Crippen LogP contribution in [0.3, 0.4) is 0 Å². The molecule has 0 radical (unpaired) electrons. The van der Waals surface area contributed by atoms with E-state index in [0.717, 1.165) is 6.42 Å². The Kier molecular flexibility index (Phi) is 5.61. The van der Waals surface area contributed by atoms with Gasteiger partial charge < -0.3 is 20.1 Å². The SMILES string of the molecule is O=C(CCC1CCCC1)NCC(=O)N1C[C@H]2COCC[C@@]2(C(=O)O)C1. The van der Waals surface area contributed by atoms with Crippen molar-refractivity contribution in [1.82, 2.24) is 10.2 Å². The number of carboxylic acids is 1. The van der Waals surface area contributed by atoms with Crippen LogP contribution in [0, 0.1) is 17.3 Å². The van der Waals surface area contributed by atoms with E-state index in [1.807, 2.05) is 0 Å². The van der Waals surface area contributed by atoms with Gasteiger partial charge in [0.25, 0.3) is 0 Å². The third-order valence-corrected chi connectivity index (χ3v) is 6.18. The summed E-state index contributed by atoms with van der Waals surface area (Å²) in [6, 6.07) is 0. The maximum absolute atomic E-state index is 12.4. The topological polar surface area (TPSA) is 95.9 Å². The summed E-state index contributed by atoms with van der Waals surface area (Å²) in [6.07, 6.45) is 6.73. The summed E-state index contributed by atoms with van der Waals surface area (Å²) in [5, 5.41) is 12.3. The van der Waals surface area contributed by atoms with Gasteiger partial charge in [-0.1, -0.05) is 25.7 Å². The van der Waals surface area contributed by atoms with Crippen molar-refractivity contribution < 1.29 is 24.2 Å². The van der Waals surface area contributed by atoms with Gasteiger partial charge in [-0.15, -0.1) is 0 Å². The van der Waals surface area contributed by atoms with Crippen LogP contribution in [0.4, 0.5) is 0 Å². The Labute approximate surface area is 148 Å². The van der Waals surface area contributed by atoms with Crippen molar-refractivity contribution >= 4 is 17.8 Å². The van der Waals surface area contributed by atoms with Crippen molar-refractivity contribution in [3.05, 3.63) is 0 Å². The van der Waals surface area contributed by atoms with E-state index in [2.05, 4.69) is 5.32 Å². The Bertz CT molecular complexity index is 532. The van der Waals surface area contributed by atoms with E-state index in [1.165, 1.54) is 25.7 Å². The van der Waals surface area contributed by atoms with Crippen LogP contribution in [0.1, 0.15) is 44.9 Å². The van der Waals surface area contributed by atoms with Gasteiger partial charge in [0, 0.05) is 32.0 Å². The lowest BCUT2D eigenvalue weighted by molar-refractivity contribution is -0.157. The van der Waals surface area contributed by atoms with E-state index in [-0.39, 0.29) is 30.8 Å². The van der Waals surface area contributed by atoms with Crippen molar-refractivity contribution in [1.29, 1.82) is 0 Å². The molecule has 2 N–H and O–H groups in total. The molecule has 25 heavy (non-hydrogen) atoms. The quantitative estimate of drug-likeness (QED) is 0.744. The first kappa shape index (κ1) is 18.2. The van der Waals surface area contributed by atoms with E-state index in [9.17, 15) is 19.5 Å². The first-order chi connectivity index (χ1) is 12.0. The summed E-state index contributed by atoms with van der Waals surface area (Å²) in [6.45, 7) is 1.36. The molecule has 0 aromatic heterocycles. The number of aliphatic carboxylic acids is 1. The smallest absolute Gasteiger partial charge is 0.311 e. The molecule has 0 bridgehead atoms. The number of amides is 2. The van der Waals surface area contributed by atoms with Crippen LogP contribution < -0.4 is 5.32 Å². The third kappa shape index (κ3) is 3.97. The normalized spacial score (nSPS) is 29.4. The van der Waals surface area contributed by atoms with Gasteiger partial charge in [0.05, 0.1) is 18.6 Å². The molecular formula is C18H28N2O5. The monoisotopic (exact) mass is 352 g/mol. The number of rotatable bonds is 6. The molecule has 2 saturated heterocycles. The predicted molar refractivity (Wildman–Crippen MR) is 89.8 cm³/mol. The molecule has 1 aliphatic carbocycles. The minimum absolute atomic E-state index is 0.0488. The highest BCUT2D eigenvalue weighted by Gasteiger charge is 2.54. The molecule has 2 amide bonds. The highest BCUT2D eigenvalue weighted by atomic mass is 16.5. The highest BCUT2D eigenvalue weighted by Crippen LogP contribution is 2.42. The molecule has 3 aliphatic rings. The van der Waals surface area contributed by atoms with Crippen molar-refractivity contribution in [2.45, 2.75) is 44.9 Å². The van der Waals surface area contributed by atoms with Crippen molar-refractivity contribution in [3.63, 3.8) is 0 Å². The van der Waals surface area contributed by atoms with Gasteiger partial charge in [0.2, 0.25) is 11.8 Å². The number of hydrogen-bond acceptors (Lipinski definition) is 4. The molecule has 0 unspecified atom stereocenters. The van der Waals surface area contributed by atoms with Gasteiger partial charge in [-0.2, -0.15) is 0 Å². The maximum atomic E-state index is 12.4. The summed E-state index contributed by atoms with van der Waals surface area (Å²) in [5.74, 6) is -0.659. The van der Waals surface area contributed by atoms with Crippen LogP contribution in [0.25, 0.3) is 0 Å². The molecule has 2 atom stereocenters. The first-order valence-corrected chi connectivity index (χ1v) is 9.37. The number of nitrogens with zero attached hydrogens (tertiary/aromatic N) is 1. The molecule has 2 heterocycles. The Morgan fingerprint density at radius 2 is 2.00 bits per heavy atom. The molecule has 1 saturated carbocycles. The molecule has 0 aromatic carbocycles. The minimum Gasteiger partial charge on any atom is -0.481 e. The summed E-state index contributed by atoms with van der Waals surface area (Å²) >= 11 is 0. The average Bonchev–Trinajstić information content (AvgIpc) is 3.25. The van der Waals surface area contributed by atoms with Crippen LogP contribution in [-0.2, 0) is 19.1 Å². The first-order valence-electron chi connectivity index (χ1n) is 9.37. The number of carboxylic acid groups (broad SMARTS) is 1. The molecule has 7 nitrogen and oxygen atoms in total. The molecule has 0 spiro atoms. The number of ether oxygens (including phenoxy) is 1. The fraction of sp³-hybridized carbons (Fsp3) is 0.833. The molecular weight excluding hydrogens is 324 g/mol. The second-order valence-corrected chi connectivity index (χ2v) is 7.72. The second kappa shape index (κ2) is 7.72. The van der Waals surface area contributed by atoms with E-state index >= 15 is 0 Å². The van der Waals surface area contributed by atoms with E-state index in [0.29, 0.717) is 38.5 Å². The lowest BCUT2D eigenvalue weighted by Gasteiger charge is -2.33. The molecule has 140 valence electrons. The molecule has 3 rings (SSSR count). The number of nitrogens with one attached hydrogen (secondary N) is 1. The van der Waals surface area contributed by atoms with Crippen LogP contribution in [0.15, 0.2) is 0 Å². The lowest BCUT2D eigenvalue weighted by atomic mass is 9.74. The van der Waals surface area contributed by atoms with Gasteiger partial charge in [0.15, 0.2) is 0 Å². The second-order valence-electron chi connectivity index (χ2n) is 7.72. The summed E-state index contributed by atoms with van der Waals surface area (Å²) < 4.78 is 5.39. The number of fused-ring (bicyclic) bond motifs is 1. The number of carbonyl (C=O) groups excluding carboxylic acids is 2. The van der Waals surface area contributed by atoms with E-state index in [1.54, 1.807) is 4.90 Å². The van der Waals surface area contributed by atoms with Gasteiger partial charge in [-0.3, -0.25) is 14.4 Å². The third-order valence-electron chi connectivity index (χ3n) is 6.18. The summed E-state index contributed by atoms with van der Waals surface area (Å²) in [4.78, 5) is 37.7. The van der Waals surface area contributed by atoms with Crippen LogP contribution >= 0.6 is 0 Å². The Hall–Kier alpha value is -1.63. The van der Waals surface area contributed by atoms with Crippen LogP contribution in [-0.4, -0.2) is 60.6 Å². The molecule has 2 aliphatic heterocycles. The average molecular weight is 352 g/mol. The Morgan fingerprint density at radius 1 is 1.24 bits per heavy atom. The standard InChI is InChI=1S/C18H28N2O5/c21-15(6-5-13-3-1-2-4-13)19-9-16(22)20-10-14-11-25-8-7-18(14,12-20)17(23)24/h13-14H,1-12H2,(H,19,21)(H,23,24)/t14-,18+/m0/s1. The zero-order valence-electron chi connectivity index (χ0n) is 14.7. The highest BCUT2D eigenvalue weighted by molar-refractivity contribution is 5.86. The van der Waals surface area contributed by atoms with Crippen molar-refractivity contribution in [3.8, 4) is 0 Å². The zero-order chi connectivity index (χ0) is 17.9. The van der Waals surface area contributed by atoms with Crippen molar-refractivity contribution in [2.24, 2.45) is 17.3 Å².